The number of aromatic amines is 1. The molecule has 0 atom stereocenters. The molecule has 172 valence electrons. The summed E-state index contributed by atoms with van der Waals surface area (Å²) in [5.74, 6) is -0.325. The molecule has 33 heavy (non-hydrogen) atoms. The Morgan fingerprint density at radius 3 is 2.55 bits per heavy atom. The fourth-order valence-electron chi connectivity index (χ4n) is 4.56. The van der Waals surface area contributed by atoms with Crippen molar-refractivity contribution >= 4 is 22.7 Å². The normalized spacial score (nSPS) is 16.4. The average Bonchev–Trinajstić information content (AvgIpc) is 3.41. The van der Waals surface area contributed by atoms with E-state index in [1.54, 1.807) is 18.1 Å². The van der Waals surface area contributed by atoms with E-state index in [-0.39, 0.29) is 23.1 Å². The zero-order valence-electron chi connectivity index (χ0n) is 18.8. The molecule has 9 nitrogen and oxygen atoms in total. The second kappa shape index (κ2) is 8.49. The van der Waals surface area contributed by atoms with E-state index in [1.807, 2.05) is 23.1 Å². The van der Waals surface area contributed by atoms with Crippen LogP contribution in [0, 0.1) is 0 Å². The number of benzene rings is 2. The molecule has 3 aromatic rings. The van der Waals surface area contributed by atoms with Crippen LogP contribution in [0.15, 0.2) is 30.3 Å². The number of methoxy groups -OCH3 is 1. The van der Waals surface area contributed by atoms with Gasteiger partial charge in [0.2, 0.25) is 0 Å². The highest BCUT2D eigenvalue weighted by atomic mass is 16.5. The van der Waals surface area contributed by atoms with Gasteiger partial charge in [0.1, 0.15) is 5.75 Å². The topological polar surface area (TPSA) is 102 Å². The summed E-state index contributed by atoms with van der Waals surface area (Å²) < 4.78 is 5.17. The summed E-state index contributed by atoms with van der Waals surface area (Å²) in [7, 11) is 3.64. The van der Waals surface area contributed by atoms with Gasteiger partial charge in [0.05, 0.1) is 23.4 Å². The van der Waals surface area contributed by atoms with E-state index >= 15 is 0 Å². The maximum Gasteiger partial charge on any atom is 0.258 e. The molecule has 2 aromatic carbocycles. The van der Waals surface area contributed by atoms with Crippen molar-refractivity contribution in [3.63, 3.8) is 0 Å². The fraction of sp³-hybridized carbons (Fsp3) is 0.375. The van der Waals surface area contributed by atoms with Gasteiger partial charge < -0.3 is 24.5 Å². The molecule has 0 spiro atoms. The summed E-state index contributed by atoms with van der Waals surface area (Å²) in [6.45, 7) is 4.31. The molecule has 1 fully saturated rings. The number of piperazine rings is 1. The predicted octanol–water partition coefficient (Wildman–Crippen LogP) is 1.96. The van der Waals surface area contributed by atoms with Crippen LogP contribution >= 0.6 is 0 Å². The quantitative estimate of drug-likeness (QED) is 0.631. The second-order valence-corrected chi connectivity index (χ2v) is 8.76. The predicted molar refractivity (Wildman–Crippen MR) is 122 cm³/mol. The van der Waals surface area contributed by atoms with Crippen molar-refractivity contribution in [3.8, 4) is 5.75 Å². The van der Waals surface area contributed by atoms with Crippen LogP contribution in [0.4, 0.5) is 0 Å². The molecular formula is C24H27N5O4. The second-order valence-electron chi connectivity index (χ2n) is 8.76. The highest BCUT2D eigenvalue weighted by molar-refractivity contribution is 6.01. The summed E-state index contributed by atoms with van der Waals surface area (Å²) in [6.07, 6.45) is 0. The Morgan fingerprint density at radius 1 is 1.03 bits per heavy atom. The van der Waals surface area contributed by atoms with Crippen molar-refractivity contribution in [1.29, 1.82) is 0 Å². The number of fused-ring (bicyclic) bond motifs is 2. The zero-order valence-corrected chi connectivity index (χ0v) is 18.8. The Balaban J connectivity index is 1.35. The molecule has 9 heteroatoms. The maximum absolute atomic E-state index is 13.3. The molecule has 2 aliphatic heterocycles. The maximum atomic E-state index is 13.3. The van der Waals surface area contributed by atoms with Crippen LogP contribution in [-0.4, -0.2) is 82.2 Å². The van der Waals surface area contributed by atoms with Gasteiger partial charge in [-0.15, -0.1) is 0 Å². The monoisotopic (exact) mass is 449 g/mol. The molecule has 2 amide bonds. The molecule has 0 saturated carbocycles. The lowest BCUT2D eigenvalue weighted by atomic mass is 10.1. The van der Waals surface area contributed by atoms with E-state index in [4.69, 9.17) is 4.74 Å². The van der Waals surface area contributed by atoms with Crippen molar-refractivity contribution < 1.29 is 19.4 Å². The third-order valence-corrected chi connectivity index (χ3v) is 6.52. The van der Waals surface area contributed by atoms with Crippen molar-refractivity contribution in [1.82, 2.24) is 24.9 Å². The SMILES string of the molecule is COCc1n[nH]c2cc(O)c(C(=O)N3Cc4ccc(C(=O)N5CCN(C)CC5)cc4C3)cc12. The molecule has 1 saturated heterocycles. The summed E-state index contributed by atoms with van der Waals surface area (Å²) in [4.78, 5) is 32.0. The Kier molecular flexibility index (Phi) is 5.51. The van der Waals surface area contributed by atoms with Crippen LogP contribution in [0.25, 0.3) is 10.9 Å². The van der Waals surface area contributed by atoms with E-state index in [0.717, 1.165) is 42.7 Å². The molecule has 2 aliphatic rings. The van der Waals surface area contributed by atoms with E-state index in [2.05, 4.69) is 22.1 Å². The highest BCUT2D eigenvalue weighted by Gasteiger charge is 2.28. The lowest BCUT2D eigenvalue weighted by Crippen LogP contribution is -2.47. The van der Waals surface area contributed by atoms with Gasteiger partial charge in [0, 0.05) is 63.4 Å². The van der Waals surface area contributed by atoms with E-state index in [1.165, 1.54) is 6.07 Å². The summed E-state index contributed by atoms with van der Waals surface area (Å²) in [6, 6.07) is 8.86. The van der Waals surface area contributed by atoms with Crippen LogP contribution in [0.5, 0.6) is 5.75 Å². The number of nitrogens with one attached hydrogen (secondary N) is 1. The molecular weight excluding hydrogens is 422 g/mol. The number of rotatable bonds is 4. The lowest BCUT2D eigenvalue weighted by Gasteiger charge is -2.32. The third kappa shape index (κ3) is 3.94. The fourth-order valence-corrected chi connectivity index (χ4v) is 4.56. The van der Waals surface area contributed by atoms with Gasteiger partial charge in [-0.3, -0.25) is 14.7 Å². The Bertz CT molecular complexity index is 1230. The number of H-pyrrole nitrogens is 1. The number of nitrogens with zero attached hydrogens (tertiary/aromatic N) is 4. The number of ether oxygens (including phenoxy) is 1. The lowest BCUT2D eigenvalue weighted by molar-refractivity contribution is 0.0663. The first-order valence-electron chi connectivity index (χ1n) is 11.0. The minimum absolute atomic E-state index is 0.0319. The Morgan fingerprint density at radius 2 is 1.79 bits per heavy atom. The number of aromatic hydroxyl groups is 1. The summed E-state index contributed by atoms with van der Waals surface area (Å²) in [5.41, 5.74) is 4.18. The number of phenolic OH excluding ortho intramolecular Hbond substituents is 1. The number of hydrogen-bond donors (Lipinski definition) is 2. The Labute approximate surface area is 191 Å². The van der Waals surface area contributed by atoms with Crippen LogP contribution in [0.1, 0.15) is 37.5 Å². The van der Waals surface area contributed by atoms with Crippen LogP contribution in [-0.2, 0) is 24.4 Å². The Hall–Kier alpha value is -3.43. The summed E-state index contributed by atoms with van der Waals surface area (Å²) >= 11 is 0. The van der Waals surface area contributed by atoms with Gasteiger partial charge in [-0.2, -0.15) is 5.10 Å². The minimum atomic E-state index is -0.262. The molecule has 2 N–H and O–H groups in total. The minimum Gasteiger partial charge on any atom is -0.507 e. The smallest absolute Gasteiger partial charge is 0.258 e. The number of hydrogen-bond acceptors (Lipinski definition) is 6. The van der Waals surface area contributed by atoms with Gasteiger partial charge in [0.25, 0.3) is 11.8 Å². The van der Waals surface area contributed by atoms with Gasteiger partial charge >= 0.3 is 0 Å². The molecule has 1 aromatic heterocycles. The van der Waals surface area contributed by atoms with Gasteiger partial charge in [0.15, 0.2) is 0 Å². The number of phenols is 1. The van der Waals surface area contributed by atoms with Crippen molar-refractivity contribution in [2.75, 3.05) is 40.3 Å². The first-order chi connectivity index (χ1) is 15.9. The number of amides is 2. The average molecular weight is 450 g/mol. The van der Waals surface area contributed by atoms with Crippen molar-refractivity contribution in [3.05, 3.63) is 58.3 Å². The van der Waals surface area contributed by atoms with Crippen molar-refractivity contribution in [2.24, 2.45) is 0 Å². The number of aromatic nitrogens is 2. The highest BCUT2D eigenvalue weighted by Crippen LogP contribution is 2.31. The first kappa shape index (κ1) is 21.4. The van der Waals surface area contributed by atoms with Crippen LogP contribution in [0.2, 0.25) is 0 Å². The first-order valence-corrected chi connectivity index (χ1v) is 11.0. The standard InChI is InChI=1S/C24H27N5O4/c1-27-5-7-28(8-6-27)23(31)15-3-4-16-12-29(13-17(16)9-15)24(32)19-10-18-20(11-22(19)30)25-26-21(18)14-33-2/h3-4,9-11,30H,5-8,12-14H2,1-2H3,(H,25,26). The molecule has 3 heterocycles. The number of likely N-dealkylation sites (N-methyl/N-ethyl adjacent to an activating group) is 1. The zero-order chi connectivity index (χ0) is 23.1. The number of carbonyl (C=O) groups is 2. The van der Waals surface area contributed by atoms with Crippen molar-refractivity contribution in [2.45, 2.75) is 19.7 Å². The van der Waals surface area contributed by atoms with Crippen LogP contribution < -0.4 is 0 Å². The summed E-state index contributed by atoms with van der Waals surface area (Å²) in [5, 5.41) is 18.3. The van der Waals surface area contributed by atoms with Gasteiger partial charge in [-0.05, 0) is 36.4 Å². The van der Waals surface area contributed by atoms with E-state index in [0.29, 0.717) is 36.5 Å². The van der Waals surface area contributed by atoms with Gasteiger partial charge in [-0.25, -0.2) is 0 Å². The van der Waals surface area contributed by atoms with E-state index in [9.17, 15) is 14.7 Å². The molecule has 0 bridgehead atoms. The largest absolute Gasteiger partial charge is 0.507 e. The molecule has 0 radical (unpaired) electrons. The molecule has 5 rings (SSSR count). The number of carbonyl (C=O) groups excluding carboxylic acids is 2. The van der Waals surface area contributed by atoms with E-state index < -0.39 is 0 Å². The van der Waals surface area contributed by atoms with Crippen LogP contribution in [0.3, 0.4) is 0 Å². The third-order valence-electron chi connectivity index (χ3n) is 6.52. The molecule has 0 unspecified atom stereocenters. The molecule has 0 aliphatic carbocycles. The van der Waals surface area contributed by atoms with Gasteiger partial charge in [-0.1, -0.05) is 6.07 Å².